The second kappa shape index (κ2) is 8.70. The van der Waals surface area contributed by atoms with Gasteiger partial charge < -0.3 is 10.2 Å². The van der Waals surface area contributed by atoms with E-state index in [1.54, 1.807) is 13.8 Å². The summed E-state index contributed by atoms with van der Waals surface area (Å²) in [4.78, 5) is 40.3. The molecule has 1 aromatic carbocycles. The Bertz CT molecular complexity index is 887. The van der Waals surface area contributed by atoms with Crippen molar-refractivity contribution < 1.29 is 18.6 Å². The number of rotatable bonds is 7. The number of hydrogen-bond acceptors (Lipinski definition) is 5. The van der Waals surface area contributed by atoms with Crippen molar-refractivity contribution in [1.82, 2.24) is 20.7 Å². The summed E-state index contributed by atoms with van der Waals surface area (Å²) in [6.07, 6.45) is 0.134. The standard InChI is InChI=1S/C22H32N4O4S/c1-13(2)24-26(14(3)4)20(29)18-22(5,6)31(30)21-17(19(28)25(18)21)23-16(27)12-15-10-8-7-9-11-15/h7-11,13-14,17-18,21,24H,12H2,1-6H3,(H,23,27)/t17-,18+,21-,31-/m1/s1. The quantitative estimate of drug-likeness (QED) is 0.478. The van der Waals surface area contributed by atoms with Gasteiger partial charge >= 0.3 is 0 Å². The summed E-state index contributed by atoms with van der Waals surface area (Å²) in [5.41, 5.74) is 3.96. The molecule has 0 aromatic heterocycles. The van der Waals surface area contributed by atoms with Crippen molar-refractivity contribution in [3.05, 3.63) is 35.9 Å². The molecule has 2 heterocycles. The highest BCUT2D eigenvalue weighted by Gasteiger charge is 2.68. The second-order valence-electron chi connectivity index (χ2n) is 9.23. The van der Waals surface area contributed by atoms with Gasteiger partial charge in [-0.3, -0.25) is 23.6 Å². The van der Waals surface area contributed by atoms with Crippen molar-refractivity contribution in [3.8, 4) is 0 Å². The molecule has 0 aliphatic carbocycles. The van der Waals surface area contributed by atoms with Crippen LogP contribution < -0.4 is 10.7 Å². The monoisotopic (exact) mass is 448 g/mol. The first kappa shape index (κ1) is 23.4. The van der Waals surface area contributed by atoms with Crippen molar-refractivity contribution in [1.29, 1.82) is 0 Å². The molecule has 8 nitrogen and oxygen atoms in total. The van der Waals surface area contributed by atoms with Gasteiger partial charge in [-0.1, -0.05) is 30.3 Å². The van der Waals surface area contributed by atoms with Crippen LogP contribution in [-0.2, 0) is 31.6 Å². The number of carbonyl (C=O) groups excluding carboxylic acids is 3. The van der Waals surface area contributed by atoms with Gasteiger partial charge in [-0.05, 0) is 47.1 Å². The molecule has 0 bridgehead atoms. The number of fused-ring (bicyclic) bond motifs is 1. The molecule has 0 radical (unpaired) electrons. The Morgan fingerprint density at radius 2 is 1.77 bits per heavy atom. The average molecular weight is 449 g/mol. The third-order valence-electron chi connectivity index (χ3n) is 5.66. The maximum atomic E-state index is 13.4. The van der Waals surface area contributed by atoms with Gasteiger partial charge in [-0.2, -0.15) is 0 Å². The number of hydrazine groups is 1. The molecule has 3 rings (SSSR count). The molecule has 2 saturated heterocycles. The molecule has 2 aliphatic rings. The first-order valence-electron chi connectivity index (χ1n) is 10.6. The minimum absolute atomic E-state index is 0.0225. The maximum Gasteiger partial charge on any atom is 0.261 e. The number of nitrogens with zero attached hydrogens (tertiary/aromatic N) is 2. The van der Waals surface area contributed by atoms with Crippen LogP contribution in [0.4, 0.5) is 0 Å². The SMILES string of the molecule is CC(C)NN(C(=O)[C@@H]1N2C(=O)[C@@H](NC(=O)Cc3ccccc3)[C@H]2[S@@](=O)C1(C)C)C(C)C. The molecule has 170 valence electrons. The van der Waals surface area contributed by atoms with E-state index in [4.69, 9.17) is 0 Å². The van der Waals surface area contributed by atoms with Crippen molar-refractivity contribution in [2.45, 2.75) is 82.3 Å². The van der Waals surface area contributed by atoms with Gasteiger partial charge in [-0.25, -0.2) is 5.43 Å². The van der Waals surface area contributed by atoms with Gasteiger partial charge in [-0.15, -0.1) is 0 Å². The van der Waals surface area contributed by atoms with E-state index in [0.29, 0.717) is 0 Å². The fourth-order valence-corrected chi connectivity index (χ4v) is 6.10. The molecule has 0 saturated carbocycles. The van der Waals surface area contributed by atoms with E-state index in [-0.39, 0.29) is 36.2 Å². The smallest absolute Gasteiger partial charge is 0.261 e. The minimum atomic E-state index is -1.51. The zero-order valence-electron chi connectivity index (χ0n) is 18.9. The third-order valence-corrected chi connectivity index (χ3v) is 7.86. The fraction of sp³-hybridized carbons (Fsp3) is 0.591. The van der Waals surface area contributed by atoms with Crippen LogP contribution in [0.3, 0.4) is 0 Å². The highest BCUT2D eigenvalue weighted by molar-refractivity contribution is 7.87. The summed E-state index contributed by atoms with van der Waals surface area (Å²) in [6, 6.07) is 7.37. The maximum absolute atomic E-state index is 13.4. The zero-order valence-corrected chi connectivity index (χ0v) is 19.7. The Balaban J connectivity index is 1.78. The predicted molar refractivity (Wildman–Crippen MR) is 119 cm³/mol. The summed E-state index contributed by atoms with van der Waals surface area (Å²) in [5.74, 6) is -0.956. The number of nitrogens with one attached hydrogen (secondary N) is 2. The average Bonchev–Trinajstić information content (AvgIpc) is 2.88. The Morgan fingerprint density at radius 3 is 2.32 bits per heavy atom. The molecule has 0 unspecified atom stereocenters. The fourth-order valence-electron chi connectivity index (χ4n) is 4.18. The summed E-state index contributed by atoms with van der Waals surface area (Å²) in [5, 5.41) is 3.55. The van der Waals surface area contributed by atoms with E-state index in [0.717, 1.165) is 5.56 Å². The van der Waals surface area contributed by atoms with Crippen LogP contribution in [0.15, 0.2) is 30.3 Å². The molecule has 4 atom stereocenters. The molecule has 2 aliphatic heterocycles. The van der Waals surface area contributed by atoms with E-state index in [2.05, 4.69) is 10.7 Å². The lowest BCUT2D eigenvalue weighted by Gasteiger charge is -2.45. The van der Waals surface area contributed by atoms with E-state index in [1.807, 2.05) is 58.0 Å². The van der Waals surface area contributed by atoms with Crippen LogP contribution in [0.2, 0.25) is 0 Å². The molecule has 9 heteroatoms. The Kier molecular flexibility index (Phi) is 6.57. The number of amides is 3. The highest BCUT2D eigenvalue weighted by atomic mass is 32.2. The van der Waals surface area contributed by atoms with Crippen molar-refractivity contribution in [2.75, 3.05) is 0 Å². The zero-order chi connectivity index (χ0) is 23.1. The van der Waals surface area contributed by atoms with Crippen LogP contribution in [0.5, 0.6) is 0 Å². The van der Waals surface area contributed by atoms with E-state index < -0.39 is 33.0 Å². The minimum Gasteiger partial charge on any atom is -0.341 e. The summed E-state index contributed by atoms with van der Waals surface area (Å²) >= 11 is 0. The summed E-state index contributed by atoms with van der Waals surface area (Å²) in [7, 11) is -1.51. The lowest BCUT2D eigenvalue weighted by atomic mass is 9.94. The number of β-lactam (4-membered cyclic amide) rings is 1. The molecular weight excluding hydrogens is 416 g/mol. The second-order valence-corrected chi connectivity index (χ2v) is 11.4. The van der Waals surface area contributed by atoms with Crippen LogP contribution >= 0.6 is 0 Å². The first-order chi connectivity index (χ1) is 14.5. The molecule has 2 N–H and O–H groups in total. The number of hydrogen-bond donors (Lipinski definition) is 2. The summed E-state index contributed by atoms with van der Waals surface area (Å²) < 4.78 is 12.3. The third kappa shape index (κ3) is 4.25. The van der Waals surface area contributed by atoms with Gasteiger partial charge in [0.25, 0.3) is 5.91 Å². The Morgan fingerprint density at radius 1 is 1.16 bits per heavy atom. The van der Waals surface area contributed by atoms with Gasteiger partial charge in [0.15, 0.2) is 0 Å². The molecule has 31 heavy (non-hydrogen) atoms. The number of benzene rings is 1. The lowest BCUT2D eigenvalue weighted by molar-refractivity contribution is -0.160. The Hall–Kier alpha value is -2.26. The molecule has 3 amide bonds. The Labute approximate surface area is 186 Å². The largest absolute Gasteiger partial charge is 0.341 e. The molecule has 0 spiro atoms. The lowest BCUT2D eigenvalue weighted by Crippen LogP contribution is -2.73. The predicted octanol–water partition coefficient (Wildman–Crippen LogP) is 0.942. The van der Waals surface area contributed by atoms with Crippen LogP contribution in [-0.4, -0.2) is 66.1 Å². The van der Waals surface area contributed by atoms with Gasteiger partial charge in [0, 0.05) is 12.1 Å². The topological polar surface area (TPSA) is 98.8 Å². The molecule has 1 aromatic rings. The van der Waals surface area contributed by atoms with Crippen molar-refractivity contribution in [2.24, 2.45) is 0 Å². The van der Waals surface area contributed by atoms with E-state index in [1.165, 1.54) is 9.91 Å². The van der Waals surface area contributed by atoms with Gasteiger partial charge in [0.1, 0.15) is 17.5 Å². The highest BCUT2D eigenvalue weighted by Crippen LogP contribution is 2.44. The molecular formula is C22H32N4O4S. The normalized spacial score (nSPS) is 26.6. The van der Waals surface area contributed by atoms with Gasteiger partial charge in [0.05, 0.1) is 22.0 Å². The van der Waals surface area contributed by atoms with Crippen molar-refractivity contribution in [3.63, 3.8) is 0 Å². The van der Waals surface area contributed by atoms with Gasteiger partial charge in [0.2, 0.25) is 11.8 Å². The molecule has 2 fully saturated rings. The van der Waals surface area contributed by atoms with Crippen LogP contribution in [0.25, 0.3) is 0 Å². The van der Waals surface area contributed by atoms with Crippen LogP contribution in [0, 0.1) is 0 Å². The first-order valence-corrected chi connectivity index (χ1v) is 11.8. The summed E-state index contributed by atoms with van der Waals surface area (Å²) in [6.45, 7) is 11.1. The van der Waals surface area contributed by atoms with E-state index >= 15 is 0 Å². The van der Waals surface area contributed by atoms with E-state index in [9.17, 15) is 18.6 Å². The van der Waals surface area contributed by atoms with Crippen molar-refractivity contribution >= 4 is 28.5 Å². The van der Waals surface area contributed by atoms with Crippen LogP contribution in [0.1, 0.15) is 47.1 Å². The number of carbonyl (C=O) groups is 3.